The van der Waals surface area contributed by atoms with Crippen molar-refractivity contribution in [3.8, 4) is 0 Å². The van der Waals surface area contributed by atoms with E-state index in [9.17, 15) is 0 Å². The Balaban J connectivity index is 0.000000960. The molecule has 0 aromatic heterocycles. The first-order chi connectivity index (χ1) is 10.1. The topological polar surface area (TPSA) is 0 Å². The monoisotopic (exact) mass is 450 g/mol. The molecule has 124 valence electrons. The Morgan fingerprint density at radius 2 is 1.04 bits per heavy atom. The molecule has 2 aromatic rings. The van der Waals surface area contributed by atoms with Gasteiger partial charge in [0, 0.05) is 26.2 Å². The van der Waals surface area contributed by atoms with E-state index in [0.717, 1.165) is 12.8 Å². The third-order valence-electron chi connectivity index (χ3n) is 5.14. The maximum atomic E-state index is 2.52. The van der Waals surface area contributed by atoms with Crippen LogP contribution >= 0.6 is 24.8 Å². The van der Waals surface area contributed by atoms with Crippen molar-refractivity contribution < 1.29 is 26.2 Å². The molecule has 0 radical (unpaired) electrons. The average molecular weight is 453 g/mol. The Morgan fingerprint density at radius 3 is 1.42 bits per heavy atom. The number of allylic oxidation sites excluding steroid dienone is 2. The van der Waals surface area contributed by atoms with Gasteiger partial charge in [0.2, 0.25) is 0 Å². The molecule has 0 aliphatic heterocycles. The van der Waals surface area contributed by atoms with Gasteiger partial charge in [-0.2, -0.15) is 0 Å². The molecule has 0 spiro atoms. The summed E-state index contributed by atoms with van der Waals surface area (Å²) in [5.74, 6) is 0. The van der Waals surface area contributed by atoms with Crippen molar-refractivity contribution in [2.75, 3.05) is 0 Å². The molecule has 2 aliphatic carbocycles. The zero-order chi connectivity index (χ0) is 14.4. The van der Waals surface area contributed by atoms with Crippen molar-refractivity contribution in [1.29, 1.82) is 0 Å². The molecule has 2 aromatic carbocycles. The van der Waals surface area contributed by atoms with Gasteiger partial charge in [-0.15, -0.1) is 24.8 Å². The minimum Gasteiger partial charge on any atom is -0.147 e. The molecule has 4 heteroatoms. The van der Waals surface area contributed by atoms with Crippen LogP contribution in [0.1, 0.15) is 22.3 Å². The van der Waals surface area contributed by atoms with E-state index in [-0.39, 0.29) is 51.0 Å². The molecule has 0 N–H and O–H groups in total. The SMILES string of the molecule is C[Si](C)(C1=Cc2ccccc2C1)C1=Cc2ccccc2C1.Cl.Cl.[Zr]. The molecule has 4 rings (SSSR count). The van der Waals surface area contributed by atoms with Crippen LogP contribution in [0.2, 0.25) is 13.1 Å². The van der Waals surface area contributed by atoms with Crippen LogP contribution < -0.4 is 0 Å². The molecule has 0 saturated heterocycles. The number of rotatable bonds is 2. The summed E-state index contributed by atoms with van der Waals surface area (Å²) in [5, 5.41) is 3.37. The van der Waals surface area contributed by atoms with E-state index in [4.69, 9.17) is 0 Å². The van der Waals surface area contributed by atoms with Gasteiger partial charge in [-0.1, -0.05) is 84.2 Å². The van der Waals surface area contributed by atoms with Crippen LogP contribution in [0.15, 0.2) is 58.9 Å². The van der Waals surface area contributed by atoms with Gasteiger partial charge < -0.3 is 0 Å². The summed E-state index contributed by atoms with van der Waals surface area (Å²) in [6.07, 6.45) is 7.24. The van der Waals surface area contributed by atoms with E-state index in [1.165, 1.54) is 22.3 Å². The second-order valence-corrected chi connectivity index (χ2v) is 11.2. The zero-order valence-electron chi connectivity index (χ0n) is 14.0. The van der Waals surface area contributed by atoms with E-state index in [1.54, 1.807) is 10.4 Å². The van der Waals surface area contributed by atoms with Crippen molar-refractivity contribution in [3.05, 3.63) is 81.2 Å². The van der Waals surface area contributed by atoms with Gasteiger partial charge in [-0.05, 0) is 35.1 Å². The molecule has 0 bridgehead atoms. The van der Waals surface area contributed by atoms with Crippen molar-refractivity contribution in [2.45, 2.75) is 25.9 Å². The molecule has 0 amide bonds. The number of hydrogen-bond donors (Lipinski definition) is 0. The largest absolute Gasteiger partial charge is 0.147 e. The summed E-state index contributed by atoms with van der Waals surface area (Å²) < 4.78 is 0. The molecular formula is C20H22Cl2SiZr. The molecule has 0 unspecified atom stereocenters. The van der Waals surface area contributed by atoms with E-state index in [1.807, 2.05) is 0 Å². The maximum absolute atomic E-state index is 2.52. The number of hydrogen-bond acceptors (Lipinski definition) is 0. The fraction of sp³-hybridized carbons (Fsp3) is 0.200. The van der Waals surface area contributed by atoms with E-state index < -0.39 is 8.07 Å². The van der Waals surface area contributed by atoms with E-state index >= 15 is 0 Å². The van der Waals surface area contributed by atoms with Crippen LogP contribution in [0.4, 0.5) is 0 Å². The summed E-state index contributed by atoms with van der Waals surface area (Å²) in [7, 11) is -1.51. The first-order valence-electron chi connectivity index (χ1n) is 7.72. The number of halogens is 2. The smallest absolute Gasteiger partial charge is 0.103 e. The van der Waals surface area contributed by atoms with Crippen LogP contribution in [0, 0.1) is 0 Å². The summed E-state index contributed by atoms with van der Waals surface area (Å²) in [6, 6.07) is 17.7. The van der Waals surface area contributed by atoms with Crippen LogP contribution in [-0.2, 0) is 39.0 Å². The second-order valence-electron chi connectivity index (χ2n) is 6.72. The standard InChI is InChI=1S/C20H20Si.2ClH.Zr/c1-21(2,19-11-15-7-3-4-8-16(15)12-19)20-13-17-9-5-6-10-18(17)14-20;;;/h3-11,13H,12,14H2,1-2H3;2*1H;. The Kier molecular flexibility index (Phi) is 7.50. The van der Waals surface area contributed by atoms with Crippen molar-refractivity contribution in [3.63, 3.8) is 0 Å². The summed E-state index contributed by atoms with van der Waals surface area (Å²) in [5.41, 5.74) is 5.88. The number of benzene rings is 2. The minimum absolute atomic E-state index is 0. The summed E-state index contributed by atoms with van der Waals surface area (Å²) in [4.78, 5) is 0. The van der Waals surface area contributed by atoms with E-state index in [0.29, 0.717) is 0 Å². The normalized spacial score (nSPS) is 14.2. The molecular weight excluding hydrogens is 430 g/mol. The van der Waals surface area contributed by atoms with Crippen molar-refractivity contribution in [2.24, 2.45) is 0 Å². The average Bonchev–Trinajstić information content (AvgIpc) is 3.11. The molecule has 0 nitrogen and oxygen atoms in total. The predicted octanol–water partition coefficient (Wildman–Crippen LogP) is 5.89. The maximum Gasteiger partial charge on any atom is 0.103 e. The van der Waals surface area contributed by atoms with Crippen LogP contribution in [0.5, 0.6) is 0 Å². The Labute approximate surface area is 177 Å². The Morgan fingerprint density at radius 1 is 0.667 bits per heavy atom. The molecule has 0 atom stereocenters. The second kappa shape index (κ2) is 8.32. The van der Waals surface area contributed by atoms with Crippen molar-refractivity contribution in [1.82, 2.24) is 0 Å². The van der Waals surface area contributed by atoms with Gasteiger partial charge in [0.05, 0.1) is 0 Å². The molecule has 2 aliphatic rings. The van der Waals surface area contributed by atoms with Gasteiger partial charge in [-0.25, -0.2) is 0 Å². The van der Waals surface area contributed by atoms with Crippen LogP contribution in [0.3, 0.4) is 0 Å². The zero-order valence-corrected chi connectivity index (χ0v) is 19.1. The quantitative estimate of drug-likeness (QED) is 0.498. The van der Waals surface area contributed by atoms with Crippen molar-refractivity contribution >= 4 is 45.0 Å². The minimum atomic E-state index is -1.51. The fourth-order valence-electron chi connectivity index (χ4n) is 3.57. The predicted molar refractivity (Wildman–Crippen MR) is 108 cm³/mol. The third-order valence-corrected chi connectivity index (χ3v) is 8.99. The molecule has 24 heavy (non-hydrogen) atoms. The molecule has 0 fully saturated rings. The Bertz CT molecular complexity index is 728. The first-order valence-corrected chi connectivity index (χ1v) is 10.7. The van der Waals surface area contributed by atoms with Gasteiger partial charge in [0.25, 0.3) is 0 Å². The first kappa shape index (κ1) is 21.6. The Hall–Kier alpha value is -0.400. The summed E-state index contributed by atoms with van der Waals surface area (Å²) >= 11 is 0. The fourth-order valence-corrected chi connectivity index (χ4v) is 6.28. The van der Waals surface area contributed by atoms with E-state index in [2.05, 4.69) is 73.8 Å². The van der Waals surface area contributed by atoms with Crippen LogP contribution in [0.25, 0.3) is 12.2 Å². The third kappa shape index (κ3) is 3.73. The van der Waals surface area contributed by atoms with Gasteiger partial charge >= 0.3 is 0 Å². The summed E-state index contributed by atoms with van der Waals surface area (Å²) in [6.45, 7) is 5.03. The number of fused-ring (bicyclic) bond motifs is 2. The molecule has 0 heterocycles. The van der Waals surface area contributed by atoms with Crippen LogP contribution in [-0.4, -0.2) is 8.07 Å². The van der Waals surface area contributed by atoms with Gasteiger partial charge in [-0.3, -0.25) is 0 Å². The van der Waals surface area contributed by atoms with Gasteiger partial charge in [0.15, 0.2) is 0 Å². The molecule has 0 saturated carbocycles. The van der Waals surface area contributed by atoms with Gasteiger partial charge in [0.1, 0.15) is 8.07 Å².